The molecule has 0 atom stereocenters. The zero-order valence-corrected chi connectivity index (χ0v) is 11.8. The highest BCUT2D eigenvalue weighted by Crippen LogP contribution is 2.37. The molecule has 1 aliphatic rings. The van der Waals surface area contributed by atoms with Gasteiger partial charge < -0.3 is 4.74 Å². The molecular formula is C11H10ClF2NO4S. The SMILES string of the molecule is COC(=O)c1cc(Cl)c2c(c1)N(S(=O)(=O)C(F)F)CC2. The molecule has 0 unspecified atom stereocenters. The zero-order chi connectivity index (χ0) is 15.1. The number of benzene rings is 1. The lowest BCUT2D eigenvalue weighted by atomic mass is 10.1. The molecule has 1 aromatic carbocycles. The number of rotatable bonds is 3. The summed E-state index contributed by atoms with van der Waals surface area (Å²) in [5, 5.41) is 0.148. The van der Waals surface area contributed by atoms with Crippen LogP contribution in [0.2, 0.25) is 5.02 Å². The molecule has 0 radical (unpaired) electrons. The number of methoxy groups -OCH3 is 1. The third-order valence-corrected chi connectivity index (χ3v) is 4.74. The summed E-state index contributed by atoms with van der Waals surface area (Å²) in [4.78, 5) is 11.5. The van der Waals surface area contributed by atoms with Crippen LogP contribution in [0.25, 0.3) is 0 Å². The third-order valence-electron chi connectivity index (χ3n) is 2.96. The normalized spacial score (nSPS) is 14.6. The Labute approximate surface area is 119 Å². The van der Waals surface area contributed by atoms with Crippen LogP contribution in [0.4, 0.5) is 14.5 Å². The summed E-state index contributed by atoms with van der Waals surface area (Å²) in [5.74, 6) is -4.26. The molecule has 2 rings (SSSR count). The first kappa shape index (κ1) is 15.0. The fourth-order valence-corrected chi connectivity index (χ4v) is 3.31. The summed E-state index contributed by atoms with van der Waals surface area (Å²) < 4.78 is 53.5. The average Bonchev–Trinajstić information content (AvgIpc) is 2.82. The van der Waals surface area contributed by atoms with Crippen molar-refractivity contribution < 1.29 is 26.7 Å². The molecule has 0 fully saturated rings. The summed E-state index contributed by atoms with van der Waals surface area (Å²) in [5.41, 5.74) is 0.425. The van der Waals surface area contributed by atoms with E-state index in [4.69, 9.17) is 11.6 Å². The van der Waals surface area contributed by atoms with E-state index >= 15 is 0 Å². The molecule has 1 aromatic rings. The van der Waals surface area contributed by atoms with Gasteiger partial charge in [0.15, 0.2) is 0 Å². The highest BCUT2D eigenvalue weighted by molar-refractivity contribution is 7.93. The molecule has 9 heteroatoms. The van der Waals surface area contributed by atoms with Gasteiger partial charge >= 0.3 is 11.7 Å². The Bertz CT molecular complexity index is 663. The van der Waals surface area contributed by atoms with Gasteiger partial charge in [0.05, 0.1) is 18.4 Å². The van der Waals surface area contributed by atoms with Gasteiger partial charge in [-0.3, -0.25) is 4.31 Å². The average molecular weight is 326 g/mol. The maximum atomic E-state index is 12.6. The molecule has 0 bridgehead atoms. The number of esters is 1. The van der Waals surface area contributed by atoms with Gasteiger partial charge in [0, 0.05) is 11.6 Å². The molecule has 20 heavy (non-hydrogen) atoms. The number of carbonyl (C=O) groups excluding carboxylic acids is 1. The quantitative estimate of drug-likeness (QED) is 0.798. The number of alkyl halides is 2. The first-order valence-electron chi connectivity index (χ1n) is 5.49. The summed E-state index contributed by atoms with van der Waals surface area (Å²) in [6.07, 6.45) is 0.210. The van der Waals surface area contributed by atoms with Crippen molar-refractivity contribution in [1.82, 2.24) is 0 Å². The van der Waals surface area contributed by atoms with Crippen molar-refractivity contribution in [1.29, 1.82) is 0 Å². The smallest absolute Gasteiger partial charge is 0.355 e. The van der Waals surface area contributed by atoms with Crippen LogP contribution in [0.5, 0.6) is 0 Å². The number of anilines is 1. The van der Waals surface area contributed by atoms with Crippen LogP contribution in [0, 0.1) is 0 Å². The number of hydrogen-bond donors (Lipinski definition) is 0. The largest absolute Gasteiger partial charge is 0.465 e. The predicted molar refractivity (Wildman–Crippen MR) is 68.8 cm³/mol. The predicted octanol–water partition coefficient (Wildman–Crippen LogP) is 2.04. The van der Waals surface area contributed by atoms with Crippen molar-refractivity contribution in [3.8, 4) is 0 Å². The van der Waals surface area contributed by atoms with Crippen molar-refractivity contribution in [2.75, 3.05) is 18.0 Å². The molecule has 0 aromatic heterocycles. The number of carbonyl (C=O) groups is 1. The number of ether oxygens (including phenoxy) is 1. The van der Waals surface area contributed by atoms with Gasteiger partial charge in [-0.1, -0.05) is 11.6 Å². The van der Waals surface area contributed by atoms with Crippen LogP contribution in [-0.4, -0.2) is 33.8 Å². The van der Waals surface area contributed by atoms with Gasteiger partial charge in [0.25, 0.3) is 10.0 Å². The zero-order valence-electron chi connectivity index (χ0n) is 10.3. The summed E-state index contributed by atoms with van der Waals surface area (Å²) >= 11 is 5.95. The summed E-state index contributed by atoms with van der Waals surface area (Å²) in [7, 11) is -3.62. The second-order valence-electron chi connectivity index (χ2n) is 4.08. The maximum absolute atomic E-state index is 12.6. The van der Waals surface area contributed by atoms with Gasteiger partial charge in [-0.25, -0.2) is 13.2 Å². The monoisotopic (exact) mass is 325 g/mol. The Morgan fingerprint density at radius 2 is 2.10 bits per heavy atom. The molecule has 5 nitrogen and oxygen atoms in total. The summed E-state index contributed by atoms with van der Waals surface area (Å²) in [6.45, 7) is -0.133. The third kappa shape index (κ3) is 2.33. The Hall–Kier alpha value is -1.41. The molecule has 0 amide bonds. The molecular weight excluding hydrogens is 316 g/mol. The van der Waals surface area contributed by atoms with Gasteiger partial charge in [-0.15, -0.1) is 0 Å². The number of nitrogens with zero attached hydrogens (tertiary/aromatic N) is 1. The van der Waals surface area contributed by atoms with E-state index in [2.05, 4.69) is 4.74 Å². The van der Waals surface area contributed by atoms with E-state index in [0.29, 0.717) is 9.87 Å². The van der Waals surface area contributed by atoms with Gasteiger partial charge in [0.1, 0.15) is 0 Å². The molecule has 1 aliphatic heterocycles. The molecule has 0 aliphatic carbocycles. The minimum absolute atomic E-state index is 0.00167. The fraction of sp³-hybridized carbons (Fsp3) is 0.364. The van der Waals surface area contributed by atoms with E-state index in [9.17, 15) is 22.0 Å². The van der Waals surface area contributed by atoms with E-state index in [0.717, 1.165) is 7.11 Å². The molecule has 0 saturated heterocycles. The van der Waals surface area contributed by atoms with Crippen molar-refractivity contribution in [2.24, 2.45) is 0 Å². The van der Waals surface area contributed by atoms with E-state index < -0.39 is 21.8 Å². The molecule has 110 valence electrons. The first-order chi connectivity index (χ1) is 9.28. The van der Waals surface area contributed by atoms with Crippen LogP contribution >= 0.6 is 11.6 Å². The summed E-state index contributed by atoms with van der Waals surface area (Å²) in [6, 6.07) is 2.52. The molecule has 0 spiro atoms. The number of fused-ring (bicyclic) bond motifs is 1. The van der Waals surface area contributed by atoms with Crippen LogP contribution in [0.1, 0.15) is 15.9 Å². The van der Waals surface area contributed by atoms with Crippen LogP contribution in [0.3, 0.4) is 0 Å². The minimum Gasteiger partial charge on any atom is -0.465 e. The Morgan fingerprint density at radius 1 is 1.45 bits per heavy atom. The van der Waals surface area contributed by atoms with Crippen LogP contribution < -0.4 is 4.31 Å². The van der Waals surface area contributed by atoms with E-state index in [1.807, 2.05) is 0 Å². The molecule has 1 heterocycles. The Balaban J connectivity index is 2.56. The lowest BCUT2D eigenvalue weighted by molar-refractivity contribution is 0.0600. The van der Waals surface area contributed by atoms with Crippen LogP contribution in [-0.2, 0) is 21.2 Å². The molecule has 0 N–H and O–H groups in total. The Kier molecular flexibility index (Phi) is 3.88. The van der Waals surface area contributed by atoms with Crippen molar-refractivity contribution in [3.63, 3.8) is 0 Å². The van der Waals surface area contributed by atoms with Crippen molar-refractivity contribution >= 4 is 33.3 Å². The topological polar surface area (TPSA) is 63.7 Å². The maximum Gasteiger partial charge on any atom is 0.355 e. The van der Waals surface area contributed by atoms with E-state index in [1.165, 1.54) is 12.1 Å². The fourth-order valence-electron chi connectivity index (χ4n) is 2.02. The van der Waals surface area contributed by atoms with E-state index in [1.54, 1.807) is 0 Å². The second-order valence-corrected chi connectivity index (χ2v) is 6.31. The number of halogens is 3. The van der Waals surface area contributed by atoms with Gasteiger partial charge in [-0.2, -0.15) is 8.78 Å². The van der Waals surface area contributed by atoms with Crippen molar-refractivity contribution in [3.05, 3.63) is 28.3 Å². The van der Waals surface area contributed by atoms with E-state index in [-0.39, 0.29) is 29.2 Å². The highest BCUT2D eigenvalue weighted by atomic mass is 35.5. The number of sulfonamides is 1. The minimum atomic E-state index is -4.77. The lowest BCUT2D eigenvalue weighted by Crippen LogP contribution is -2.34. The Morgan fingerprint density at radius 3 is 2.65 bits per heavy atom. The van der Waals surface area contributed by atoms with Crippen molar-refractivity contribution in [2.45, 2.75) is 12.2 Å². The highest BCUT2D eigenvalue weighted by Gasteiger charge is 2.37. The standard InChI is InChI=1S/C11H10ClF2NO4S/c1-19-10(16)6-4-8(12)7-2-3-15(9(7)5-6)20(17,18)11(13)14/h4-5,11H,2-3H2,1H3. The van der Waals surface area contributed by atoms with Gasteiger partial charge in [-0.05, 0) is 24.1 Å². The molecule has 0 saturated carbocycles. The van der Waals surface area contributed by atoms with Gasteiger partial charge in [0.2, 0.25) is 0 Å². The first-order valence-corrected chi connectivity index (χ1v) is 7.37. The lowest BCUT2D eigenvalue weighted by Gasteiger charge is -2.19. The second kappa shape index (κ2) is 5.17. The van der Waals surface area contributed by atoms with Crippen LogP contribution in [0.15, 0.2) is 12.1 Å². The number of hydrogen-bond acceptors (Lipinski definition) is 4.